The van der Waals surface area contributed by atoms with E-state index in [9.17, 15) is 8.78 Å². The lowest BCUT2D eigenvalue weighted by molar-refractivity contribution is 0.573. The minimum Gasteiger partial charge on any atom is -0.355 e. The van der Waals surface area contributed by atoms with E-state index in [1.54, 1.807) is 6.20 Å². The van der Waals surface area contributed by atoms with E-state index >= 15 is 0 Å². The highest BCUT2D eigenvalue weighted by Crippen LogP contribution is 2.26. The van der Waals surface area contributed by atoms with Gasteiger partial charge in [-0.15, -0.1) is 0 Å². The lowest BCUT2D eigenvalue weighted by atomic mass is 10.0. The lowest BCUT2D eigenvalue weighted by Crippen LogP contribution is -2.30. The smallest absolute Gasteiger partial charge is 0.147 e. The van der Waals surface area contributed by atoms with Gasteiger partial charge in [-0.05, 0) is 54.7 Å². The summed E-state index contributed by atoms with van der Waals surface area (Å²) in [6, 6.07) is 9.01. The van der Waals surface area contributed by atoms with Gasteiger partial charge in [0.25, 0.3) is 0 Å². The average molecular weight is 325 g/mol. The van der Waals surface area contributed by atoms with E-state index in [1.807, 2.05) is 18.2 Å². The summed E-state index contributed by atoms with van der Waals surface area (Å²) in [6.45, 7) is 1.99. The van der Waals surface area contributed by atoms with Crippen molar-refractivity contribution in [3.05, 3.63) is 54.2 Å². The first-order valence-electron chi connectivity index (χ1n) is 8.17. The molecule has 2 heterocycles. The van der Waals surface area contributed by atoms with Crippen LogP contribution < -0.4 is 4.90 Å². The monoisotopic (exact) mass is 325 g/mol. The van der Waals surface area contributed by atoms with Crippen molar-refractivity contribution in [1.29, 1.82) is 0 Å². The lowest BCUT2D eigenvalue weighted by Gasteiger charge is -2.27. The van der Waals surface area contributed by atoms with E-state index in [4.69, 9.17) is 4.98 Å². The fourth-order valence-electron chi connectivity index (χ4n) is 3.18. The number of nitrogens with zero attached hydrogens (tertiary/aromatic N) is 3. The Bertz CT molecular complexity index is 869. The number of rotatable bonds is 2. The van der Waals surface area contributed by atoms with E-state index < -0.39 is 11.6 Å². The van der Waals surface area contributed by atoms with Gasteiger partial charge in [0.15, 0.2) is 0 Å². The van der Waals surface area contributed by atoms with Crippen LogP contribution in [0.1, 0.15) is 19.3 Å². The van der Waals surface area contributed by atoms with Gasteiger partial charge in [-0.2, -0.15) is 0 Å². The molecule has 1 saturated heterocycles. The van der Waals surface area contributed by atoms with Crippen LogP contribution >= 0.6 is 0 Å². The Morgan fingerprint density at radius 1 is 0.792 bits per heavy atom. The molecule has 5 heteroatoms. The second-order valence-corrected chi connectivity index (χ2v) is 6.14. The van der Waals surface area contributed by atoms with Gasteiger partial charge in [0.1, 0.15) is 17.5 Å². The molecule has 24 heavy (non-hydrogen) atoms. The molecule has 0 saturated carbocycles. The Balaban J connectivity index is 1.75. The van der Waals surface area contributed by atoms with Crippen LogP contribution in [0.4, 0.5) is 14.6 Å². The minimum atomic E-state index is -0.585. The molecule has 0 atom stereocenters. The van der Waals surface area contributed by atoms with Crippen LogP contribution in [0, 0.1) is 11.6 Å². The van der Waals surface area contributed by atoms with Gasteiger partial charge >= 0.3 is 0 Å². The molecule has 0 unspecified atom stereocenters. The van der Waals surface area contributed by atoms with Crippen LogP contribution in [0.3, 0.4) is 0 Å². The molecule has 0 N–H and O–H groups in total. The van der Waals surface area contributed by atoms with Gasteiger partial charge in [-0.1, -0.05) is 6.07 Å². The molecule has 1 aliphatic heterocycles. The standard InChI is InChI=1S/C19H17F2N3/c20-15-8-14(9-16(21)11-15)13-4-5-17-18(10-13)23-19(12-22-17)24-6-2-1-3-7-24/h4-5,8-12H,1-3,6-7H2. The maximum Gasteiger partial charge on any atom is 0.147 e. The predicted molar refractivity (Wildman–Crippen MR) is 91.0 cm³/mol. The summed E-state index contributed by atoms with van der Waals surface area (Å²) in [6.07, 6.45) is 5.40. The number of fused-ring (bicyclic) bond motifs is 1. The third-order valence-corrected chi connectivity index (χ3v) is 4.41. The zero-order chi connectivity index (χ0) is 16.5. The van der Waals surface area contributed by atoms with E-state index in [0.717, 1.165) is 41.6 Å². The van der Waals surface area contributed by atoms with Crippen molar-refractivity contribution in [2.75, 3.05) is 18.0 Å². The van der Waals surface area contributed by atoms with Gasteiger partial charge < -0.3 is 4.90 Å². The first-order chi connectivity index (χ1) is 11.7. The first kappa shape index (κ1) is 15.0. The predicted octanol–water partition coefficient (Wildman–Crippen LogP) is 4.57. The van der Waals surface area contributed by atoms with Gasteiger partial charge in [0.05, 0.1) is 17.2 Å². The maximum atomic E-state index is 13.5. The number of halogens is 2. The van der Waals surface area contributed by atoms with Crippen molar-refractivity contribution in [2.24, 2.45) is 0 Å². The summed E-state index contributed by atoms with van der Waals surface area (Å²) in [5, 5.41) is 0. The Kier molecular flexibility index (Phi) is 3.84. The van der Waals surface area contributed by atoms with Crippen LogP contribution in [0.25, 0.3) is 22.2 Å². The Morgan fingerprint density at radius 3 is 2.29 bits per heavy atom. The number of benzene rings is 2. The minimum absolute atomic E-state index is 0.500. The van der Waals surface area contributed by atoms with Crippen molar-refractivity contribution >= 4 is 16.9 Å². The molecule has 0 radical (unpaired) electrons. The zero-order valence-corrected chi connectivity index (χ0v) is 13.2. The molecule has 1 aliphatic rings. The van der Waals surface area contributed by atoms with Crippen molar-refractivity contribution in [3.8, 4) is 11.1 Å². The zero-order valence-electron chi connectivity index (χ0n) is 13.2. The van der Waals surface area contributed by atoms with Crippen molar-refractivity contribution in [1.82, 2.24) is 9.97 Å². The fraction of sp³-hybridized carbons (Fsp3) is 0.263. The Morgan fingerprint density at radius 2 is 1.54 bits per heavy atom. The van der Waals surface area contributed by atoms with Gasteiger partial charge in [-0.25, -0.2) is 13.8 Å². The number of aromatic nitrogens is 2. The Hall–Kier alpha value is -2.56. The van der Waals surface area contributed by atoms with Gasteiger partial charge in [-0.3, -0.25) is 4.98 Å². The van der Waals surface area contributed by atoms with Crippen molar-refractivity contribution in [3.63, 3.8) is 0 Å². The summed E-state index contributed by atoms with van der Waals surface area (Å²) in [5.41, 5.74) is 2.74. The topological polar surface area (TPSA) is 29.0 Å². The second-order valence-electron chi connectivity index (χ2n) is 6.14. The highest BCUT2D eigenvalue weighted by atomic mass is 19.1. The summed E-state index contributed by atoms with van der Waals surface area (Å²) in [4.78, 5) is 11.4. The average Bonchev–Trinajstić information content (AvgIpc) is 2.61. The second kappa shape index (κ2) is 6.15. The molecular weight excluding hydrogens is 308 g/mol. The maximum absolute atomic E-state index is 13.5. The van der Waals surface area contributed by atoms with Gasteiger partial charge in [0.2, 0.25) is 0 Å². The molecule has 4 rings (SSSR count). The van der Waals surface area contributed by atoms with Crippen LogP contribution in [-0.4, -0.2) is 23.1 Å². The number of anilines is 1. The molecule has 0 bridgehead atoms. The highest BCUT2D eigenvalue weighted by Gasteiger charge is 2.13. The molecule has 122 valence electrons. The first-order valence-corrected chi connectivity index (χ1v) is 8.17. The van der Waals surface area contributed by atoms with Crippen LogP contribution in [-0.2, 0) is 0 Å². The Labute approximate surface area is 139 Å². The largest absolute Gasteiger partial charge is 0.355 e. The highest BCUT2D eigenvalue weighted by molar-refractivity contribution is 5.82. The number of piperidine rings is 1. The van der Waals surface area contributed by atoms with Crippen molar-refractivity contribution in [2.45, 2.75) is 19.3 Å². The number of hydrogen-bond acceptors (Lipinski definition) is 3. The summed E-state index contributed by atoms with van der Waals surface area (Å²) < 4.78 is 26.9. The van der Waals surface area contributed by atoms with E-state index in [2.05, 4.69) is 9.88 Å². The summed E-state index contributed by atoms with van der Waals surface area (Å²) in [5.74, 6) is -0.304. The number of hydrogen-bond donors (Lipinski definition) is 0. The molecular formula is C19H17F2N3. The normalized spacial score (nSPS) is 15.0. The molecule has 1 aromatic heterocycles. The SMILES string of the molecule is Fc1cc(F)cc(-c2ccc3ncc(N4CCCCC4)nc3c2)c1. The third-order valence-electron chi connectivity index (χ3n) is 4.41. The fourth-order valence-corrected chi connectivity index (χ4v) is 3.18. The van der Waals surface area contributed by atoms with Crippen LogP contribution in [0.2, 0.25) is 0 Å². The molecule has 0 spiro atoms. The van der Waals surface area contributed by atoms with Crippen LogP contribution in [0.5, 0.6) is 0 Å². The van der Waals surface area contributed by atoms with Gasteiger partial charge in [0, 0.05) is 19.2 Å². The molecule has 1 fully saturated rings. The summed E-state index contributed by atoms with van der Waals surface area (Å²) in [7, 11) is 0. The summed E-state index contributed by atoms with van der Waals surface area (Å²) >= 11 is 0. The molecule has 3 aromatic rings. The molecule has 0 aliphatic carbocycles. The molecule has 3 nitrogen and oxygen atoms in total. The van der Waals surface area contributed by atoms with E-state index in [1.165, 1.54) is 31.4 Å². The van der Waals surface area contributed by atoms with E-state index in [-0.39, 0.29) is 0 Å². The quantitative estimate of drug-likeness (QED) is 0.691. The molecule has 0 amide bonds. The van der Waals surface area contributed by atoms with Crippen LogP contribution in [0.15, 0.2) is 42.6 Å². The molecule has 2 aromatic carbocycles. The third kappa shape index (κ3) is 2.94. The van der Waals surface area contributed by atoms with E-state index in [0.29, 0.717) is 5.56 Å². The van der Waals surface area contributed by atoms with Crippen molar-refractivity contribution < 1.29 is 8.78 Å².